The van der Waals surface area contributed by atoms with Gasteiger partial charge in [0.2, 0.25) is 0 Å². The summed E-state index contributed by atoms with van der Waals surface area (Å²) in [6.45, 7) is 0. The van der Waals surface area contributed by atoms with Gasteiger partial charge in [0, 0.05) is 18.4 Å². The van der Waals surface area contributed by atoms with Gasteiger partial charge in [-0.15, -0.1) is 6.42 Å². The van der Waals surface area contributed by atoms with E-state index in [2.05, 4.69) is 10.7 Å². The van der Waals surface area contributed by atoms with E-state index < -0.39 is 17.7 Å². The molecule has 0 aromatic carbocycles. The third-order valence-electron chi connectivity index (χ3n) is 2.14. The van der Waals surface area contributed by atoms with Crippen LogP contribution in [-0.4, -0.2) is 35.0 Å². The van der Waals surface area contributed by atoms with Crippen LogP contribution in [0.4, 0.5) is 0 Å². The average Bonchev–Trinajstić information content (AvgIpc) is 2.15. The Labute approximate surface area is 82.2 Å². The van der Waals surface area contributed by atoms with Crippen LogP contribution >= 0.6 is 0 Å². The van der Waals surface area contributed by atoms with E-state index in [-0.39, 0.29) is 18.4 Å². The SMILES string of the molecule is C#C[C@@]1(O)CC(C(=O)OC)=C[C@H](O)C1. The van der Waals surface area contributed by atoms with Gasteiger partial charge in [0.1, 0.15) is 5.60 Å². The Kier molecular flexibility index (Phi) is 2.94. The minimum absolute atomic E-state index is 0.0211. The summed E-state index contributed by atoms with van der Waals surface area (Å²) in [4.78, 5) is 11.1. The molecule has 1 rings (SSSR count). The number of aliphatic hydroxyl groups excluding tert-OH is 1. The van der Waals surface area contributed by atoms with E-state index in [0.717, 1.165) is 0 Å². The van der Waals surface area contributed by atoms with Crippen LogP contribution in [0.3, 0.4) is 0 Å². The first-order valence-corrected chi connectivity index (χ1v) is 4.18. The molecule has 0 heterocycles. The van der Waals surface area contributed by atoms with Gasteiger partial charge in [-0.3, -0.25) is 0 Å². The highest BCUT2D eigenvalue weighted by molar-refractivity contribution is 5.89. The second-order valence-electron chi connectivity index (χ2n) is 3.31. The Morgan fingerprint density at radius 2 is 2.50 bits per heavy atom. The maximum atomic E-state index is 11.1. The van der Waals surface area contributed by atoms with E-state index in [1.165, 1.54) is 13.2 Å². The number of terminal acetylenes is 1. The van der Waals surface area contributed by atoms with E-state index in [1.54, 1.807) is 0 Å². The molecule has 14 heavy (non-hydrogen) atoms. The molecule has 2 N–H and O–H groups in total. The van der Waals surface area contributed by atoms with Gasteiger partial charge in [0.15, 0.2) is 0 Å². The monoisotopic (exact) mass is 196 g/mol. The summed E-state index contributed by atoms with van der Waals surface area (Å²) in [5.74, 6) is 1.59. The lowest BCUT2D eigenvalue weighted by Gasteiger charge is -2.29. The number of ether oxygens (including phenoxy) is 1. The normalized spacial score (nSPS) is 31.6. The minimum Gasteiger partial charge on any atom is -0.466 e. The maximum Gasteiger partial charge on any atom is 0.333 e. The molecule has 1 aliphatic rings. The molecule has 0 saturated heterocycles. The maximum absolute atomic E-state index is 11.1. The first-order valence-electron chi connectivity index (χ1n) is 4.18. The zero-order valence-electron chi connectivity index (χ0n) is 7.86. The van der Waals surface area contributed by atoms with Crippen molar-refractivity contribution in [2.45, 2.75) is 24.5 Å². The van der Waals surface area contributed by atoms with Gasteiger partial charge in [-0.2, -0.15) is 0 Å². The highest BCUT2D eigenvalue weighted by Gasteiger charge is 2.35. The highest BCUT2D eigenvalue weighted by atomic mass is 16.5. The van der Waals surface area contributed by atoms with Crippen molar-refractivity contribution in [3.8, 4) is 12.3 Å². The van der Waals surface area contributed by atoms with Crippen molar-refractivity contribution in [1.82, 2.24) is 0 Å². The summed E-state index contributed by atoms with van der Waals surface area (Å²) in [7, 11) is 1.24. The first kappa shape index (κ1) is 10.8. The molecule has 0 saturated carbocycles. The van der Waals surface area contributed by atoms with Crippen LogP contribution in [0, 0.1) is 12.3 Å². The molecule has 2 atom stereocenters. The first-order chi connectivity index (χ1) is 6.50. The molecule has 0 aromatic rings. The summed E-state index contributed by atoms with van der Waals surface area (Å²) >= 11 is 0. The van der Waals surface area contributed by atoms with Crippen LogP contribution in [-0.2, 0) is 9.53 Å². The molecule has 4 nitrogen and oxygen atoms in total. The van der Waals surface area contributed by atoms with Gasteiger partial charge in [-0.1, -0.05) is 5.92 Å². The van der Waals surface area contributed by atoms with Crippen LogP contribution in [0.25, 0.3) is 0 Å². The van der Waals surface area contributed by atoms with Crippen LogP contribution in [0.15, 0.2) is 11.6 Å². The third-order valence-corrected chi connectivity index (χ3v) is 2.14. The predicted octanol–water partition coefficient (Wildman–Crippen LogP) is -0.395. The Hall–Kier alpha value is -1.31. The molecule has 1 aliphatic carbocycles. The highest BCUT2D eigenvalue weighted by Crippen LogP contribution is 2.28. The molecule has 0 spiro atoms. The fourth-order valence-corrected chi connectivity index (χ4v) is 1.46. The van der Waals surface area contributed by atoms with Crippen LogP contribution in [0.2, 0.25) is 0 Å². The number of hydrogen-bond acceptors (Lipinski definition) is 4. The lowest BCUT2D eigenvalue weighted by molar-refractivity contribution is -0.137. The van der Waals surface area contributed by atoms with Crippen LogP contribution in [0.1, 0.15) is 12.8 Å². The number of esters is 1. The largest absolute Gasteiger partial charge is 0.466 e. The van der Waals surface area contributed by atoms with Gasteiger partial charge in [-0.05, 0) is 6.08 Å². The van der Waals surface area contributed by atoms with E-state index in [1.807, 2.05) is 0 Å². The van der Waals surface area contributed by atoms with Crippen LogP contribution in [0.5, 0.6) is 0 Å². The fourth-order valence-electron chi connectivity index (χ4n) is 1.46. The van der Waals surface area contributed by atoms with E-state index in [9.17, 15) is 15.0 Å². The summed E-state index contributed by atoms with van der Waals surface area (Å²) in [6.07, 6.45) is 5.63. The van der Waals surface area contributed by atoms with Crippen molar-refractivity contribution in [2.75, 3.05) is 7.11 Å². The molecule has 4 heteroatoms. The average molecular weight is 196 g/mol. The Balaban J connectivity index is 2.90. The Bertz CT molecular complexity index is 313. The molecule has 0 amide bonds. The molecule has 0 radical (unpaired) electrons. The third kappa shape index (κ3) is 2.13. The lowest BCUT2D eigenvalue weighted by Crippen LogP contribution is -2.37. The van der Waals surface area contributed by atoms with Gasteiger partial charge in [-0.25, -0.2) is 4.79 Å². The summed E-state index contributed by atoms with van der Waals surface area (Å²) in [5.41, 5.74) is -1.23. The van der Waals surface area contributed by atoms with Crippen molar-refractivity contribution in [3.63, 3.8) is 0 Å². The smallest absolute Gasteiger partial charge is 0.333 e. The number of methoxy groups -OCH3 is 1. The van der Waals surface area contributed by atoms with Crippen molar-refractivity contribution in [1.29, 1.82) is 0 Å². The van der Waals surface area contributed by atoms with Crippen molar-refractivity contribution in [3.05, 3.63) is 11.6 Å². The molecule has 0 fully saturated rings. The van der Waals surface area contributed by atoms with E-state index in [4.69, 9.17) is 6.42 Å². The Morgan fingerprint density at radius 3 is 3.00 bits per heavy atom. The Morgan fingerprint density at radius 1 is 1.86 bits per heavy atom. The number of hydrogen-bond donors (Lipinski definition) is 2. The van der Waals surface area contributed by atoms with E-state index in [0.29, 0.717) is 0 Å². The summed E-state index contributed by atoms with van der Waals surface area (Å²) < 4.78 is 4.48. The number of aliphatic hydroxyl groups is 2. The molecule has 0 aliphatic heterocycles. The van der Waals surface area contributed by atoms with Gasteiger partial charge in [0.25, 0.3) is 0 Å². The predicted molar refractivity (Wildman–Crippen MR) is 49.1 cm³/mol. The quantitative estimate of drug-likeness (QED) is 0.442. The molecule has 0 unspecified atom stereocenters. The molecule has 76 valence electrons. The van der Waals surface area contributed by atoms with Gasteiger partial charge in [0.05, 0.1) is 13.2 Å². The molecule has 0 bridgehead atoms. The topological polar surface area (TPSA) is 66.8 Å². The standard InChI is InChI=1S/C10H12O4/c1-3-10(13)5-7(9(12)14-2)4-8(11)6-10/h1,4,8,11,13H,5-6H2,2H3/t8-,10+/m0/s1. The second-order valence-corrected chi connectivity index (χ2v) is 3.31. The zero-order chi connectivity index (χ0) is 10.8. The minimum atomic E-state index is -1.45. The number of carbonyl (C=O) groups excluding carboxylic acids is 1. The zero-order valence-corrected chi connectivity index (χ0v) is 7.86. The number of carbonyl (C=O) groups is 1. The number of rotatable bonds is 1. The molecular formula is C10H12O4. The lowest BCUT2D eigenvalue weighted by atomic mass is 9.84. The van der Waals surface area contributed by atoms with Crippen molar-refractivity contribution >= 4 is 5.97 Å². The molecule has 0 aromatic heterocycles. The van der Waals surface area contributed by atoms with Crippen LogP contribution < -0.4 is 0 Å². The van der Waals surface area contributed by atoms with Crippen molar-refractivity contribution in [2.24, 2.45) is 0 Å². The van der Waals surface area contributed by atoms with Gasteiger partial charge >= 0.3 is 5.97 Å². The van der Waals surface area contributed by atoms with Gasteiger partial charge < -0.3 is 14.9 Å². The second kappa shape index (κ2) is 3.82. The molecular weight excluding hydrogens is 184 g/mol. The fraction of sp³-hybridized carbons (Fsp3) is 0.500. The summed E-state index contributed by atoms with van der Waals surface area (Å²) in [6, 6.07) is 0. The summed E-state index contributed by atoms with van der Waals surface area (Å²) in [5, 5.41) is 19.1. The van der Waals surface area contributed by atoms with E-state index >= 15 is 0 Å². The van der Waals surface area contributed by atoms with Crippen molar-refractivity contribution < 1.29 is 19.7 Å².